The first-order chi connectivity index (χ1) is 6.51. The standard InChI is InChI=1S/C5H9O2.C3H6O.C2H3O.2Y/c1-4(3-6)5(2)7;1-2-3-4;1-2-3;;/h3-5,7H,2H2,1H3;3H,2H2,1H3;2H,1H2;;/q-1;;-1;;/t4-,5+;;;;/m1..../s1. The van der Waals surface area contributed by atoms with Crippen molar-refractivity contribution >= 4 is 18.9 Å². The van der Waals surface area contributed by atoms with E-state index in [4.69, 9.17) is 9.90 Å². The van der Waals surface area contributed by atoms with E-state index < -0.39 is 6.10 Å². The van der Waals surface area contributed by atoms with E-state index >= 15 is 0 Å². The van der Waals surface area contributed by atoms with Gasteiger partial charge in [0.1, 0.15) is 12.6 Å². The number of aliphatic hydroxyl groups is 1. The van der Waals surface area contributed by atoms with E-state index in [-0.39, 0.29) is 71.3 Å². The van der Waals surface area contributed by atoms with Crippen LogP contribution >= 0.6 is 0 Å². The molecule has 0 saturated carbocycles. The predicted molar refractivity (Wildman–Crippen MR) is 54.4 cm³/mol. The van der Waals surface area contributed by atoms with Gasteiger partial charge in [0.15, 0.2) is 0 Å². The molecule has 0 spiro atoms. The molecule has 0 aromatic rings. The molecule has 6 heteroatoms. The van der Waals surface area contributed by atoms with Crippen LogP contribution in [0.1, 0.15) is 20.3 Å². The first-order valence-corrected chi connectivity index (χ1v) is 4.14. The number of aldehydes is 3. The largest absolute Gasteiger partial charge is 0.425 e. The Morgan fingerprint density at radius 3 is 1.50 bits per heavy atom. The van der Waals surface area contributed by atoms with Crippen LogP contribution in [0.2, 0.25) is 0 Å². The topological polar surface area (TPSA) is 71.4 Å². The maximum absolute atomic E-state index is 9.75. The fraction of sp³-hybridized carbons (Fsp3) is 0.500. The Kier molecular flexibility index (Phi) is 56.3. The predicted octanol–water partition coefficient (Wildman–Crippen LogP) is 0.626. The van der Waals surface area contributed by atoms with E-state index in [1.165, 1.54) is 0 Å². The molecule has 90 valence electrons. The van der Waals surface area contributed by atoms with Gasteiger partial charge in [-0.05, 0) is 6.29 Å². The summed E-state index contributed by atoms with van der Waals surface area (Å²) in [5.41, 5.74) is 0. The Balaban J connectivity index is -0.0000000393. The van der Waals surface area contributed by atoms with E-state index in [1.54, 1.807) is 6.92 Å². The second kappa shape index (κ2) is 29.8. The van der Waals surface area contributed by atoms with Crippen LogP contribution in [0.4, 0.5) is 0 Å². The molecule has 0 aliphatic rings. The van der Waals surface area contributed by atoms with E-state index in [0.29, 0.717) is 19.0 Å². The minimum Gasteiger partial charge on any atom is -0.425 e. The second-order valence-electron chi connectivity index (χ2n) is 2.30. The van der Waals surface area contributed by atoms with Gasteiger partial charge >= 0.3 is 0 Å². The summed E-state index contributed by atoms with van der Waals surface area (Å²) in [6.07, 6.45) is 1.94. The van der Waals surface area contributed by atoms with Gasteiger partial charge in [-0.1, -0.05) is 20.0 Å². The fourth-order valence-corrected chi connectivity index (χ4v) is 0.0907. The molecule has 0 aliphatic carbocycles. The molecule has 0 unspecified atom stereocenters. The summed E-state index contributed by atoms with van der Waals surface area (Å²) in [6.45, 7) is 9.47. The summed E-state index contributed by atoms with van der Waals surface area (Å²) in [7, 11) is 0. The van der Waals surface area contributed by atoms with Crippen molar-refractivity contribution in [2.45, 2.75) is 26.4 Å². The van der Waals surface area contributed by atoms with Crippen LogP contribution in [0.3, 0.4) is 0 Å². The molecule has 1 N–H and O–H groups in total. The fourth-order valence-electron chi connectivity index (χ4n) is 0.0907. The number of rotatable bonds is 3. The summed E-state index contributed by atoms with van der Waals surface area (Å²) < 4.78 is 0. The van der Waals surface area contributed by atoms with Gasteiger partial charge < -0.3 is 33.3 Å². The normalized spacial score (nSPS) is 10.2. The van der Waals surface area contributed by atoms with Crippen molar-refractivity contribution in [2.75, 3.05) is 0 Å². The summed E-state index contributed by atoms with van der Waals surface area (Å²) in [4.78, 5) is 27.6. The summed E-state index contributed by atoms with van der Waals surface area (Å²) in [5.74, 6) is -0.333. The number of aliphatic hydroxyl groups excluding tert-OH is 1. The van der Waals surface area contributed by atoms with E-state index in [9.17, 15) is 9.59 Å². The zero-order valence-corrected chi connectivity index (χ0v) is 15.5. The number of carbonyl (C=O) groups excluding carboxylic acids is 3. The van der Waals surface area contributed by atoms with Crippen molar-refractivity contribution in [3.63, 3.8) is 0 Å². The zero-order chi connectivity index (χ0) is 12.0. The Labute approximate surface area is 148 Å². The second-order valence-corrected chi connectivity index (χ2v) is 2.30. The molecule has 0 amide bonds. The molecule has 2 atom stereocenters. The Morgan fingerprint density at radius 1 is 1.25 bits per heavy atom. The van der Waals surface area contributed by atoms with Crippen molar-refractivity contribution in [1.29, 1.82) is 0 Å². The number of carbonyl (C=O) groups is 3. The average Bonchev–Trinajstić information content (AvgIpc) is 2.18. The molecule has 16 heavy (non-hydrogen) atoms. The van der Waals surface area contributed by atoms with Crippen LogP contribution in [0, 0.1) is 19.8 Å². The first kappa shape index (κ1) is 30.2. The Bertz CT molecular complexity index is 141. The average molecular weight is 380 g/mol. The monoisotopic (exact) mass is 380 g/mol. The van der Waals surface area contributed by atoms with E-state index in [1.807, 2.05) is 6.92 Å². The minimum absolute atomic E-state index is 0. The Hall–Kier alpha value is 1.05. The SMILES string of the molecule is CCC=O.[CH2-]C=O.[CH2-][C@H](O)[C@H](C)C=O.[Y].[Y]. The van der Waals surface area contributed by atoms with Crippen molar-refractivity contribution in [1.82, 2.24) is 0 Å². The third-order valence-electron chi connectivity index (χ3n) is 0.988. The summed E-state index contributed by atoms with van der Waals surface area (Å²) in [6, 6.07) is 0. The van der Waals surface area contributed by atoms with Crippen LogP contribution in [0.15, 0.2) is 0 Å². The smallest absolute Gasteiger partial charge is 0.122 e. The van der Waals surface area contributed by atoms with Gasteiger partial charge in [-0.2, -0.15) is 0 Å². The molecule has 0 bridgehead atoms. The van der Waals surface area contributed by atoms with Crippen LogP contribution in [-0.2, 0) is 79.8 Å². The molecule has 4 nitrogen and oxygen atoms in total. The van der Waals surface area contributed by atoms with Gasteiger partial charge in [0, 0.05) is 77.8 Å². The molecular formula is C10H18O4Y2-2. The van der Waals surface area contributed by atoms with Gasteiger partial charge in [0.2, 0.25) is 0 Å². The molecule has 0 saturated heterocycles. The Morgan fingerprint density at radius 2 is 1.50 bits per heavy atom. The van der Waals surface area contributed by atoms with Gasteiger partial charge in [-0.25, -0.2) is 0 Å². The molecule has 0 fully saturated rings. The van der Waals surface area contributed by atoms with Crippen molar-refractivity contribution < 1.29 is 84.9 Å². The molecular weight excluding hydrogens is 362 g/mol. The van der Waals surface area contributed by atoms with Gasteiger partial charge in [-0.3, -0.25) is 0 Å². The molecule has 0 heterocycles. The molecule has 0 aromatic heterocycles. The number of hydrogen-bond donors (Lipinski definition) is 1. The maximum atomic E-state index is 9.75. The van der Waals surface area contributed by atoms with Crippen molar-refractivity contribution in [2.24, 2.45) is 5.92 Å². The molecule has 0 aliphatic heterocycles. The van der Waals surface area contributed by atoms with E-state index in [0.717, 1.165) is 6.29 Å². The van der Waals surface area contributed by atoms with Crippen LogP contribution < -0.4 is 0 Å². The minimum atomic E-state index is -0.752. The first-order valence-electron chi connectivity index (χ1n) is 4.14. The molecule has 0 rings (SSSR count). The van der Waals surface area contributed by atoms with Crippen LogP contribution in [0.25, 0.3) is 0 Å². The van der Waals surface area contributed by atoms with Gasteiger partial charge in [0.05, 0.1) is 0 Å². The maximum Gasteiger partial charge on any atom is 0.122 e. The van der Waals surface area contributed by atoms with E-state index in [2.05, 4.69) is 13.8 Å². The quantitative estimate of drug-likeness (QED) is 0.576. The third-order valence-corrected chi connectivity index (χ3v) is 0.988. The van der Waals surface area contributed by atoms with Crippen molar-refractivity contribution in [3.05, 3.63) is 13.8 Å². The van der Waals surface area contributed by atoms with Crippen LogP contribution in [0.5, 0.6) is 0 Å². The summed E-state index contributed by atoms with van der Waals surface area (Å²) in [5, 5.41) is 8.48. The molecule has 0 aromatic carbocycles. The zero-order valence-electron chi connectivity index (χ0n) is 9.83. The van der Waals surface area contributed by atoms with Gasteiger partial charge in [-0.15, -0.1) is 0 Å². The molecule has 2 radical (unpaired) electrons. The third kappa shape index (κ3) is 45.8. The van der Waals surface area contributed by atoms with Gasteiger partial charge in [0.25, 0.3) is 0 Å². The summed E-state index contributed by atoms with van der Waals surface area (Å²) >= 11 is 0. The van der Waals surface area contributed by atoms with Crippen LogP contribution in [-0.4, -0.2) is 30.1 Å². The number of hydrogen-bond acceptors (Lipinski definition) is 4. The van der Waals surface area contributed by atoms with Crippen molar-refractivity contribution in [3.8, 4) is 0 Å².